The van der Waals surface area contributed by atoms with Gasteiger partial charge < -0.3 is 4.90 Å². The van der Waals surface area contributed by atoms with Gasteiger partial charge in [0, 0.05) is 27.2 Å². The van der Waals surface area contributed by atoms with E-state index in [9.17, 15) is 14.4 Å². The number of aromatic nitrogens is 4. The molecule has 0 unspecified atom stereocenters. The normalized spacial score (nSPS) is 16.0. The second-order valence-electron chi connectivity index (χ2n) is 6.49. The van der Waals surface area contributed by atoms with E-state index in [0.29, 0.717) is 0 Å². The number of imidazole rings is 1. The Balaban J connectivity index is 1.98. The summed E-state index contributed by atoms with van der Waals surface area (Å²) >= 11 is 6.18. The van der Waals surface area contributed by atoms with E-state index in [1.165, 1.54) is 29.7 Å². The van der Waals surface area contributed by atoms with Crippen LogP contribution in [-0.2, 0) is 25.4 Å². The van der Waals surface area contributed by atoms with E-state index in [-0.39, 0.29) is 28.9 Å². The van der Waals surface area contributed by atoms with Crippen LogP contribution in [0.2, 0.25) is 5.28 Å². The van der Waals surface area contributed by atoms with Crippen LogP contribution in [0.5, 0.6) is 0 Å². The van der Waals surface area contributed by atoms with Crippen molar-refractivity contribution in [2.75, 3.05) is 13.1 Å². The van der Waals surface area contributed by atoms with Gasteiger partial charge in [-0.1, -0.05) is 19.3 Å². The number of aryl methyl sites for hydroxylation is 1. The first kappa shape index (κ1) is 17.7. The first-order valence-corrected chi connectivity index (χ1v) is 8.89. The summed E-state index contributed by atoms with van der Waals surface area (Å²) in [5.74, 6) is -0.0843. The highest BCUT2D eigenvalue weighted by Gasteiger charge is 2.22. The van der Waals surface area contributed by atoms with Crippen LogP contribution in [0.4, 0.5) is 0 Å². The number of carbonyl (C=O) groups is 1. The Hall–Kier alpha value is -2.09. The van der Waals surface area contributed by atoms with Gasteiger partial charge in [-0.05, 0) is 24.4 Å². The van der Waals surface area contributed by atoms with Gasteiger partial charge in [-0.2, -0.15) is 4.98 Å². The largest absolute Gasteiger partial charge is 0.341 e. The van der Waals surface area contributed by atoms with E-state index in [2.05, 4.69) is 4.98 Å². The lowest BCUT2D eigenvalue weighted by Crippen LogP contribution is -2.39. The van der Waals surface area contributed by atoms with Gasteiger partial charge in [0.15, 0.2) is 11.2 Å². The molecule has 1 amide bonds. The number of carbonyl (C=O) groups excluding carboxylic acids is 1. The summed E-state index contributed by atoms with van der Waals surface area (Å²) in [6.07, 6.45) is 5.44. The van der Waals surface area contributed by atoms with Gasteiger partial charge in [0.25, 0.3) is 5.56 Å². The Kier molecular flexibility index (Phi) is 4.99. The Labute approximate surface area is 149 Å². The molecule has 0 aliphatic carbocycles. The molecule has 0 saturated carbocycles. The quantitative estimate of drug-likeness (QED) is 0.738. The molecule has 2 aromatic heterocycles. The van der Waals surface area contributed by atoms with Crippen LogP contribution in [0.3, 0.4) is 0 Å². The van der Waals surface area contributed by atoms with Crippen molar-refractivity contribution >= 4 is 28.7 Å². The van der Waals surface area contributed by atoms with Crippen LogP contribution < -0.4 is 11.2 Å². The van der Waals surface area contributed by atoms with Crippen LogP contribution in [0, 0.1) is 0 Å². The molecule has 0 N–H and O–H groups in total. The maximum absolute atomic E-state index is 12.7. The molecule has 0 aromatic carbocycles. The summed E-state index contributed by atoms with van der Waals surface area (Å²) in [6.45, 7) is 1.39. The number of hydrogen-bond acceptors (Lipinski definition) is 4. The van der Waals surface area contributed by atoms with Gasteiger partial charge in [0.2, 0.25) is 11.2 Å². The molecule has 1 saturated heterocycles. The molecule has 1 fully saturated rings. The average Bonchev–Trinajstić information content (AvgIpc) is 2.87. The highest BCUT2D eigenvalue weighted by Crippen LogP contribution is 2.17. The van der Waals surface area contributed by atoms with Crippen molar-refractivity contribution in [2.45, 2.75) is 38.6 Å². The highest BCUT2D eigenvalue weighted by atomic mass is 35.5. The maximum Gasteiger partial charge on any atom is 0.332 e. The zero-order valence-corrected chi connectivity index (χ0v) is 15.3. The molecule has 0 spiro atoms. The van der Waals surface area contributed by atoms with Crippen molar-refractivity contribution in [3.05, 3.63) is 26.1 Å². The summed E-state index contributed by atoms with van der Waals surface area (Å²) in [4.78, 5) is 43.2. The second kappa shape index (κ2) is 7.03. The van der Waals surface area contributed by atoms with Gasteiger partial charge in [-0.15, -0.1) is 0 Å². The van der Waals surface area contributed by atoms with E-state index in [0.717, 1.165) is 43.3 Å². The van der Waals surface area contributed by atoms with Crippen LogP contribution in [-0.4, -0.2) is 42.6 Å². The Morgan fingerprint density at radius 2 is 1.64 bits per heavy atom. The summed E-state index contributed by atoms with van der Waals surface area (Å²) in [5.41, 5.74) is -0.611. The number of nitrogens with zero attached hydrogens (tertiary/aromatic N) is 5. The minimum absolute atomic E-state index is 0.0358. The molecule has 8 nitrogen and oxygen atoms in total. The minimum Gasteiger partial charge on any atom is -0.341 e. The molecule has 0 bridgehead atoms. The number of rotatable bonds is 2. The van der Waals surface area contributed by atoms with Crippen LogP contribution >= 0.6 is 11.6 Å². The fourth-order valence-corrected chi connectivity index (χ4v) is 3.52. The van der Waals surface area contributed by atoms with E-state index in [4.69, 9.17) is 11.6 Å². The maximum atomic E-state index is 12.7. The summed E-state index contributed by atoms with van der Waals surface area (Å²) < 4.78 is 3.66. The number of halogens is 1. The molecule has 1 aliphatic rings. The van der Waals surface area contributed by atoms with Gasteiger partial charge in [0.1, 0.15) is 6.54 Å². The zero-order valence-electron chi connectivity index (χ0n) is 14.5. The van der Waals surface area contributed by atoms with Crippen LogP contribution in [0.1, 0.15) is 32.1 Å². The standard InChI is InChI=1S/C16H22ClN5O3/c1-19-13-12(14(24)20(2)16(19)25)22(15(17)18-13)10-11(23)21-8-6-4-3-5-7-9-21/h3-10H2,1-2H3. The summed E-state index contributed by atoms with van der Waals surface area (Å²) in [7, 11) is 2.92. The van der Waals surface area contributed by atoms with Crippen molar-refractivity contribution in [3.63, 3.8) is 0 Å². The van der Waals surface area contributed by atoms with Crippen molar-refractivity contribution in [1.82, 2.24) is 23.6 Å². The Morgan fingerprint density at radius 3 is 2.28 bits per heavy atom. The van der Waals surface area contributed by atoms with E-state index >= 15 is 0 Å². The SMILES string of the molecule is Cn1c(=O)c2c(nc(Cl)n2CC(=O)N2CCCCCCC2)n(C)c1=O. The Bertz CT molecular complexity index is 918. The van der Waals surface area contributed by atoms with E-state index in [1.54, 1.807) is 0 Å². The fourth-order valence-electron chi connectivity index (χ4n) is 3.30. The molecule has 2 aromatic rings. The minimum atomic E-state index is -0.502. The number of likely N-dealkylation sites (tertiary alicyclic amines) is 1. The molecular weight excluding hydrogens is 346 g/mol. The van der Waals surface area contributed by atoms with Crippen molar-refractivity contribution in [3.8, 4) is 0 Å². The number of amides is 1. The molecular formula is C16H22ClN5O3. The predicted octanol–water partition coefficient (Wildman–Crippen LogP) is 0.880. The van der Waals surface area contributed by atoms with Crippen LogP contribution in [0.25, 0.3) is 11.2 Å². The summed E-state index contributed by atoms with van der Waals surface area (Å²) in [5, 5.41) is 0.0358. The second-order valence-corrected chi connectivity index (χ2v) is 6.83. The monoisotopic (exact) mass is 367 g/mol. The fraction of sp³-hybridized carbons (Fsp3) is 0.625. The third-order valence-electron chi connectivity index (χ3n) is 4.80. The van der Waals surface area contributed by atoms with Gasteiger partial charge in [0.05, 0.1) is 0 Å². The number of fused-ring (bicyclic) bond motifs is 1. The van der Waals surface area contributed by atoms with Crippen molar-refractivity contribution in [1.29, 1.82) is 0 Å². The lowest BCUT2D eigenvalue weighted by molar-refractivity contribution is -0.132. The first-order valence-electron chi connectivity index (χ1n) is 8.51. The molecule has 136 valence electrons. The molecule has 9 heteroatoms. The third-order valence-corrected chi connectivity index (χ3v) is 5.09. The van der Waals surface area contributed by atoms with Gasteiger partial charge >= 0.3 is 5.69 Å². The van der Waals surface area contributed by atoms with Gasteiger partial charge in [-0.25, -0.2) is 4.79 Å². The predicted molar refractivity (Wildman–Crippen MR) is 94.9 cm³/mol. The van der Waals surface area contributed by atoms with E-state index < -0.39 is 11.2 Å². The number of hydrogen-bond donors (Lipinski definition) is 0. The lowest BCUT2D eigenvalue weighted by Gasteiger charge is -2.25. The molecule has 0 radical (unpaired) electrons. The lowest BCUT2D eigenvalue weighted by atomic mass is 10.1. The van der Waals surface area contributed by atoms with Gasteiger partial charge in [-0.3, -0.25) is 23.3 Å². The molecule has 3 rings (SSSR count). The van der Waals surface area contributed by atoms with E-state index in [1.807, 2.05) is 4.90 Å². The molecule has 0 atom stereocenters. The average molecular weight is 368 g/mol. The topological polar surface area (TPSA) is 82.1 Å². The van der Waals surface area contributed by atoms with Crippen LogP contribution in [0.15, 0.2) is 9.59 Å². The Morgan fingerprint density at radius 1 is 1.04 bits per heavy atom. The zero-order chi connectivity index (χ0) is 18.1. The molecule has 3 heterocycles. The van der Waals surface area contributed by atoms with Crippen molar-refractivity contribution < 1.29 is 4.79 Å². The molecule has 1 aliphatic heterocycles. The smallest absolute Gasteiger partial charge is 0.332 e. The molecule has 25 heavy (non-hydrogen) atoms. The highest BCUT2D eigenvalue weighted by molar-refractivity contribution is 6.29. The van der Waals surface area contributed by atoms with Crippen molar-refractivity contribution in [2.24, 2.45) is 14.1 Å². The first-order chi connectivity index (χ1) is 11.9. The third kappa shape index (κ3) is 3.22. The summed E-state index contributed by atoms with van der Waals surface area (Å²) in [6, 6.07) is 0.